The van der Waals surface area contributed by atoms with Crippen LogP contribution in [0.15, 0.2) is 28.5 Å². The summed E-state index contributed by atoms with van der Waals surface area (Å²) in [6, 6.07) is -1.07. The Hall–Kier alpha value is -4.69. The molecule has 1 aliphatic heterocycles. The number of carboxylic acid groups (broad SMARTS) is 1. The van der Waals surface area contributed by atoms with Crippen molar-refractivity contribution in [2.75, 3.05) is 31.6 Å². The molecule has 15 heteroatoms. The third kappa shape index (κ3) is 9.10. The molecule has 2 aliphatic rings. The molecule has 1 aliphatic carbocycles. The highest BCUT2D eigenvalue weighted by Crippen LogP contribution is 2.44. The van der Waals surface area contributed by atoms with Gasteiger partial charge in [0.15, 0.2) is 11.6 Å². The SMILES string of the molecule is COc1c(N2CCC/C(=C(\F)CNC(=O)C(CC(C)C)NC(=O)C(C)NC(=O)OC(C)(C)C)C2)c(F)cc2c(=O)c(C(=O)O)cn(C3CC3)c12. The second kappa shape index (κ2) is 15.5. The van der Waals surface area contributed by atoms with Gasteiger partial charge in [0, 0.05) is 25.3 Å². The third-order valence-electron chi connectivity index (χ3n) is 8.45. The summed E-state index contributed by atoms with van der Waals surface area (Å²) in [5.41, 5.74) is -1.42. The number of aromatic nitrogens is 1. The molecule has 2 unspecified atom stereocenters. The van der Waals surface area contributed by atoms with E-state index in [1.54, 1.807) is 30.2 Å². The molecule has 0 bridgehead atoms. The standard InChI is InChI=1S/C35H47F2N5O8/c1-18(2)13-26(40-31(44)19(3)39-34(48)50-35(4,5)6)32(45)38-15-25(37)20-9-8-12-41(16-20)28-24(36)14-22-27(30(28)49-7)42(21-10-11-21)17-23(29(22)43)33(46)47/h14,17-19,21,26H,8-13,15-16H2,1-7H3,(H,38,45)(H,39,48)(H,40,44)(H,46,47)/b25-20+. The Labute approximate surface area is 289 Å². The maximum atomic E-state index is 15.8. The monoisotopic (exact) mass is 703 g/mol. The Balaban J connectivity index is 1.52. The molecule has 2 aromatic rings. The first kappa shape index (κ1) is 38.1. The molecule has 0 radical (unpaired) electrons. The zero-order chi connectivity index (χ0) is 37.1. The van der Waals surface area contributed by atoms with Gasteiger partial charge in [-0.15, -0.1) is 0 Å². The van der Waals surface area contributed by atoms with E-state index in [1.165, 1.54) is 20.2 Å². The molecule has 2 atom stereocenters. The fourth-order valence-electron chi connectivity index (χ4n) is 5.97. The van der Waals surface area contributed by atoms with Crippen molar-refractivity contribution in [3.05, 3.63) is 45.3 Å². The van der Waals surface area contributed by atoms with Gasteiger partial charge in [-0.1, -0.05) is 13.8 Å². The van der Waals surface area contributed by atoms with E-state index < -0.39 is 70.7 Å². The van der Waals surface area contributed by atoms with E-state index in [-0.39, 0.29) is 47.3 Å². The first-order valence-electron chi connectivity index (χ1n) is 16.8. The van der Waals surface area contributed by atoms with Gasteiger partial charge in [-0.3, -0.25) is 14.4 Å². The van der Waals surface area contributed by atoms with Gasteiger partial charge in [-0.2, -0.15) is 0 Å². The highest BCUT2D eigenvalue weighted by Gasteiger charge is 2.33. The van der Waals surface area contributed by atoms with Crippen LogP contribution in [0.4, 0.5) is 19.3 Å². The van der Waals surface area contributed by atoms with Crippen molar-refractivity contribution in [3.8, 4) is 5.75 Å². The predicted molar refractivity (Wildman–Crippen MR) is 183 cm³/mol. The maximum Gasteiger partial charge on any atom is 0.408 e. The highest BCUT2D eigenvalue weighted by atomic mass is 19.1. The number of hydrogen-bond donors (Lipinski definition) is 4. The molecule has 0 spiro atoms. The van der Waals surface area contributed by atoms with Crippen LogP contribution in [-0.2, 0) is 14.3 Å². The normalized spacial score (nSPS) is 17.2. The highest BCUT2D eigenvalue weighted by molar-refractivity contribution is 5.97. The summed E-state index contributed by atoms with van der Waals surface area (Å²) >= 11 is 0. The lowest BCUT2D eigenvalue weighted by Gasteiger charge is -2.33. The fraction of sp³-hybridized carbons (Fsp3) is 0.571. The number of nitrogens with one attached hydrogen (secondary N) is 3. The molecule has 274 valence electrons. The van der Waals surface area contributed by atoms with Crippen LogP contribution in [0.1, 0.15) is 90.0 Å². The number of nitrogens with zero attached hydrogens (tertiary/aromatic N) is 2. The van der Waals surface area contributed by atoms with Crippen molar-refractivity contribution < 1.29 is 42.5 Å². The van der Waals surface area contributed by atoms with E-state index in [4.69, 9.17) is 9.47 Å². The van der Waals surface area contributed by atoms with E-state index in [0.29, 0.717) is 25.0 Å². The Bertz CT molecular complexity index is 1750. The number of halogens is 2. The number of hydrogen-bond acceptors (Lipinski definition) is 8. The average molecular weight is 704 g/mol. The third-order valence-corrected chi connectivity index (χ3v) is 8.45. The molecule has 1 saturated carbocycles. The second-order valence-electron chi connectivity index (χ2n) is 14.3. The molecular formula is C35H47F2N5O8. The van der Waals surface area contributed by atoms with E-state index in [9.17, 15) is 29.1 Å². The Kier molecular flexibility index (Phi) is 11.8. The van der Waals surface area contributed by atoms with Crippen molar-refractivity contribution >= 4 is 40.5 Å². The summed E-state index contributed by atoms with van der Waals surface area (Å²) < 4.78 is 44.0. The van der Waals surface area contributed by atoms with Crippen LogP contribution < -0.4 is 31.0 Å². The minimum atomic E-state index is -1.41. The quantitative estimate of drug-likeness (QED) is 0.248. The van der Waals surface area contributed by atoms with Crippen molar-refractivity contribution in [2.24, 2.45) is 5.92 Å². The van der Waals surface area contributed by atoms with E-state index in [1.807, 2.05) is 13.8 Å². The summed E-state index contributed by atoms with van der Waals surface area (Å²) in [7, 11) is 1.34. The number of carbonyl (C=O) groups excluding carboxylic acids is 3. The van der Waals surface area contributed by atoms with Gasteiger partial charge in [0.25, 0.3) is 0 Å². The average Bonchev–Trinajstić information content (AvgIpc) is 3.87. The zero-order valence-corrected chi connectivity index (χ0v) is 29.6. The number of carboxylic acids is 1. The van der Waals surface area contributed by atoms with Crippen molar-refractivity contribution in [1.29, 1.82) is 0 Å². The van der Waals surface area contributed by atoms with Crippen molar-refractivity contribution in [3.63, 3.8) is 0 Å². The van der Waals surface area contributed by atoms with E-state index in [0.717, 1.165) is 18.9 Å². The lowest BCUT2D eigenvalue weighted by molar-refractivity contribution is -0.130. The number of piperidine rings is 1. The van der Waals surface area contributed by atoms with Gasteiger partial charge in [-0.05, 0) is 77.4 Å². The maximum absolute atomic E-state index is 15.8. The van der Waals surface area contributed by atoms with Gasteiger partial charge in [0.1, 0.15) is 34.8 Å². The van der Waals surface area contributed by atoms with Gasteiger partial charge in [0.2, 0.25) is 17.2 Å². The smallest absolute Gasteiger partial charge is 0.408 e. The zero-order valence-electron chi connectivity index (χ0n) is 29.6. The van der Waals surface area contributed by atoms with Crippen LogP contribution in [0.2, 0.25) is 0 Å². The molecule has 4 rings (SSSR count). The Morgan fingerprint density at radius 2 is 1.78 bits per heavy atom. The number of amides is 3. The molecule has 1 aromatic heterocycles. The first-order valence-corrected chi connectivity index (χ1v) is 16.8. The molecule has 13 nitrogen and oxygen atoms in total. The number of benzene rings is 1. The molecule has 2 fully saturated rings. The lowest BCUT2D eigenvalue weighted by atomic mass is 10.0. The number of ether oxygens (including phenoxy) is 2. The number of aromatic carboxylic acids is 1. The second-order valence-corrected chi connectivity index (χ2v) is 14.3. The molecule has 3 amide bonds. The number of rotatable bonds is 12. The summed E-state index contributed by atoms with van der Waals surface area (Å²) in [6.45, 7) is 10.1. The molecule has 2 heterocycles. The largest absolute Gasteiger partial charge is 0.492 e. The number of anilines is 1. The van der Waals surface area contributed by atoms with Crippen LogP contribution >= 0.6 is 0 Å². The van der Waals surface area contributed by atoms with Gasteiger partial charge >= 0.3 is 12.1 Å². The number of methoxy groups -OCH3 is 1. The fourth-order valence-corrected chi connectivity index (χ4v) is 5.97. The first-order chi connectivity index (χ1) is 23.4. The van der Waals surface area contributed by atoms with E-state index >= 15 is 8.78 Å². The topological polar surface area (TPSA) is 168 Å². The lowest BCUT2D eigenvalue weighted by Crippen LogP contribution is -2.53. The molecule has 4 N–H and O–H groups in total. The van der Waals surface area contributed by atoms with Gasteiger partial charge < -0.3 is 40.0 Å². The summed E-state index contributed by atoms with van der Waals surface area (Å²) in [4.78, 5) is 64.6. The summed E-state index contributed by atoms with van der Waals surface area (Å²) in [6.07, 6.45) is 3.05. The Morgan fingerprint density at radius 3 is 2.36 bits per heavy atom. The minimum Gasteiger partial charge on any atom is -0.492 e. The van der Waals surface area contributed by atoms with Crippen LogP contribution in [0, 0.1) is 11.7 Å². The molecular weight excluding hydrogens is 656 g/mol. The van der Waals surface area contributed by atoms with Crippen LogP contribution in [0.5, 0.6) is 5.75 Å². The van der Waals surface area contributed by atoms with Gasteiger partial charge in [0.05, 0.1) is 24.6 Å². The number of fused-ring (bicyclic) bond motifs is 1. The van der Waals surface area contributed by atoms with Crippen LogP contribution in [0.25, 0.3) is 10.9 Å². The number of carbonyl (C=O) groups is 4. The van der Waals surface area contributed by atoms with Crippen LogP contribution in [0.3, 0.4) is 0 Å². The van der Waals surface area contributed by atoms with Crippen molar-refractivity contribution in [2.45, 2.75) is 97.4 Å². The summed E-state index contributed by atoms with van der Waals surface area (Å²) in [5, 5.41) is 17.1. The summed E-state index contributed by atoms with van der Waals surface area (Å²) in [5.74, 6) is -4.01. The minimum absolute atomic E-state index is 0.00545. The van der Waals surface area contributed by atoms with E-state index in [2.05, 4.69) is 16.0 Å². The van der Waals surface area contributed by atoms with Crippen LogP contribution in [-0.4, -0.2) is 78.0 Å². The molecule has 1 saturated heterocycles. The van der Waals surface area contributed by atoms with Crippen molar-refractivity contribution in [1.82, 2.24) is 20.5 Å². The predicted octanol–water partition coefficient (Wildman–Crippen LogP) is 4.57. The number of pyridine rings is 1. The number of alkyl carbamates (subject to hydrolysis) is 1. The van der Waals surface area contributed by atoms with Gasteiger partial charge in [-0.25, -0.2) is 18.4 Å². The molecule has 1 aromatic carbocycles. The molecule has 50 heavy (non-hydrogen) atoms. The Morgan fingerprint density at radius 1 is 1.10 bits per heavy atom.